The van der Waals surface area contributed by atoms with Crippen molar-refractivity contribution in [1.82, 2.24) is 5.32 Å². The Kier molecular flexibility index (Phi) is 4.87. The number of hydrogen-bond acceptors (Lipinski definition) is 1. The SMILES string of the molecule is C#CCCCCC1CCNCC1. The molecule has 12 heavy (non-hydrogen) atoms. The Hall–Kier alpha value is -0.480. The Morgan fingerprint density at radius 3 is 2.67 bits per heavy atom. The van der Waals surface area contributed by atoms with Crippen molar-refractivity contribution in [2.45, 2.75) is 38.5 Å². The van der Waals surface area contributed by atoms with E-state index in [1.165, 1.54) is 45.2 Å². The van der Waals surface area contributed by atoms with E-state index >= 15 is 0 Å². The molecule has 1 heterocycles. The first-order valence-electron chi connectivity index (χ1n) is 5.07. The lowest BCUT2D eigenvalue weighted by molar-refractivity contribution is 0.344. The number of rotatable bonds is 4. The van der Waals surface area contributed by atoms with Crippen LogP contribution in [0, 0.1) is 18.3 Å². The van der Waals surface area contributed by atoms with Gasteiger partial charge >= 0.3 is 0 Å². The molecule has 1 rings (SSSR count). The molecule has 0 bridgehead atoms. The predicted octanol–water partition coefficient (Wildman–Crippen LogP) is 2.18. The van der Waals surface area contributed by atoms with Gasteiger partial charge in [-0.25, -0.2) is 0 Å². The van der Waals surface area contributed by atoms with Gasteiger partial charge in [0.05, 0.1) is 0 Å². The van der Waals surface area contributed by atoms with E-state index in [2.05, 4.69) is 11.2 Å². The fourth-order valence-corrected chi connectivity index (χ4v) is 1.83. The first-order valence-corrected chi connectivity index (χ1v) is 5.07. The third-order valence-electron chi connectivity index (χ3n) is 2.64. The van der Waals surface area contributed by atoms with Crippen molar-refractivity contribution < 1.29 is 0 Å². The third kappa shape index (κ3) is 3.78. The van der Waals surface area contributed by atoms with Crippen LogP contribution >= 0.6 is 0 Å². The summed E-state index contributed by atoms with van der Waals surface area (Å²) in [6.45, 7) is 2.44. The second kappa shape index (κ2) is 6.08. The molecule has 1 N–H and O–H groups in total. The van der Waals surface area contributed by atoms with Gasteiger partial charge in [-0.1, -0.05) is 12.8 Å². The zero-order valence-electron chi connectivity index (χ0n) is 7.81. The van der Waals surface area contributed by atoms with Gasteiger partial charge in [0.15, 0.2) is 0 Å². The molecule has 0 amide bonds. The summed E-state index contributed by atoms with van der Waals surface area (Å²) in [6, 6.07) is 0. The summed E-state index contributed by atoms with van der Waals surface area (Å²) in [5.41, 5.74) is 0. The predicted molar refractivity (Wildman–Crippen MR) is 52.9 cm³/mol. The lowest BCUT2D eigenvalue weighted by Crippen LogP contribution is -2.27. The maximum Gasteiger partial charge on any atom is 0.00860 e. The molecule has 0 atom stereocenters. The van der Waals surface area contributed by atoms with E-state index in [-0.39, 0.29) is 0 Å². The first-order chi connectivity index (χ1) is 5.93. The second-order valence-corrected chi connectivity index (χ2v) is 3.64. The minimum Gasteiger partial charge on any atom is -0.317 e. The highest BCUT2D eigenvalue weighted by Gasteiger charge is 2.11. The molecule has 0 spiro atoms. The largest absolute Gasteiger partial charge is 0.317 e. The van der Waals surface area contributed by atoms with E-state index < -0.39 is 0 Å². The Bertz CT molecular complexity index is 140. The Balaban J connectivity index is 1.95. The number of unbranched alkanes of at least 4 members (excludes halogenated alkanes) is 2. The monoisotopic (exact) mass is 165 g/mol. The average Bonchev–Trinajstić information content (AvgIpc) is 2.14. The minimum absolute atomic E-state index is 0.963. The molecule has 0 aromatic carbocycles. The maximum atomic E-state index is 5.19. The van der Waals surface area contributed by atoms with Gasteiger partial charge in [0.2, 0.25) is 0 Å². The van der Waals surface area contributed by atoms with Crippen molar-refractivity contribution in [2.24, 2.45) is 5.92 Å². The van der Waals surface area contributed by atoms with Gasteiger partial charge in [-0.2, -0.15) is 0 Å². The van der Waals surface area contributed by atoms with Crippen LogP contribution in [0.25, 0.3) is 0 Å². The van der Waals surface area contributed by atoms with E-state index in [4.69, 9.17) is 6.42 Å². The summed E-state index contributed by atoms with van der Waals surface area (Å²) >= 11 is 0. The molecule has 1 heteroatoms. The quantitative estimate of drug-likeness (QED) is 0.497. The molecule has 1 fully saturated rings. The second-order valence-electron chi connectivity index (χ2n) is 3.64. The molecule has 0 aromatic heterocycles. The highest BCUT2D eigenvalue weighted by molar-refractivity contribution is 4.83. The summed E-state index contributed by atoms with van der Waals surface area (Å²) < 4.78 is 0. The third-order valence-corrected chi connectivity index (χ3v) is 2.64. The van der Waals surface area contributed by atoms with Gasteiger partial charge in [0, 0.05) is 6.42 Å². The standard InChI is InChI=1S/C11H19N/c1-2-3-4-5-6-11-7-9-12-10-8-11/h1,11-12H,3-10H2. The van der Waals surface area contributed by atoms with Crippen molar-refractivity contribution in [3.8, 4) is 12.3 Å². The molecule has 1 nitrogen and oxygen atoms in total. The molecule has 0 radical (unpaired) electrons. The Labute approximate surface area is 75.9 Å². The summed E-state index contributed by atoms with van der Waals surface area (Å²) in [7, 11) is 0. The number of terminal acetylenes is 1. The maximum absolute atomic E-state index is 5.19. The van der Waals surface area contributed by atoms with Crippen LogP contribution in [0.2, 0.25) is 0 Å². The number of nitrogens with one attached hydrogen (secondary N) is 1. The lowest BCUT2D eigenvalue weighted by atomic mass is 9.92. The van der Waals surface area contributed by atoms with Gasteiger partial charge in [-0.3, -0.25) is 0 Å². The van der Waals surface area contributed by atoms with Gasteiger partial charge in [-0.05, 0) is 38.3 Å². The molecular formula is C11H19N. The number of hydrogen-bond donors (Lipinski definition) is 1. The average molecular weight is 165 g/mol. The molecule has 0 unspecified atom stereocenters. The van der Waals surface area contributed by atoms with Gasteiger partial charge in [0.1, 0.15) is 0 Å². The normalized spacial score (nSPS) is 18.9. The van der Waals surface area contributed by atoms with Gasteiger partial charge in [-0.15, -0.1) is 12.3 Å². The highest BCUT2D eigenvalue weighted by Crippen LogP contribution is 2.18. The van der Waals surface area contributed by atoms with Crippen LogP contribution in [0.15, 0.2) is 0 Å². The van der Waals surface area contributed by atoms with Gasteiger partial charge < -0.3 is 5.32 Å². The molecule has 1 saturated heterocycles. The first kappa shape index (κ1) is 9.61. The highest BCUT2D eigenvalue weighted by atomic mass is 14.9. The molecular weight excluding hydrogens is 146 g/mol. The summed E-state index contributed by atoms with van der Waals surface area (Å²) in [6.07, 6.45) is 12.8. The Morgan fingerprint density at radius 1 is 1.25 bits per heavy atom. The van der Waals surface area contributed by atoms with E-state index in [0.717, 1.165) is 12.3 Å². The zero-order chi connectivity index (χ0) is 8.65. The van der Waals surface area contributed by atoms with Crippen molar-refractivity contribution in [3.05, 3.63) is 0 Å². The molecule has 0 aliphatic carbocycles. The fourth-order valence-electron chi connectivity index (χ4n) is 1.83. The smallest absolute Gasteiger partial charge is 0.00860 e. The minimum atomic E-state index is 0.963. The van der Waals surface area contributed by atoms with E-state index in [9.17, 15) is 0 Å². The van der Waals surface area contributed by atoms with Crippen LogP contribution in [0.5, 0.6) is 0 Å². The van der Waals surface area contributed by atoms with Crippen LogP contribution in [-0.2, 0) is 0 Å². The summed E-state index contributed by atoms with van der Waals surface area (Å²) in [4.78, 5) is 0. The van der Waals surface area contributed by atoms with Crippen molar-refractivity contribution >= 4 is 0 Å². The van der Waals surface area contributed by atoms with Crippen LogP contribution in [0.1, 0.15) is 38.5 Å². The van der Waals surface area contributed by atoms with Gasteiger partial charge in [0.25, 0.3) is 0 Å². The number of piperidine rings is 1. The van der Waals surface area contributed by atoms with Crippen LogP contribution < -0.4 is 5.32 Å². The van der Waals surface area contributed by atoms with E-state index in [1.807, 2.05) is 0 Å². The summed E-state index contributed by atoms with van der Waals surface area (Å²) in [5.74, 6) is 3.67. The molecule has 68 valence electrons. The summed E-state index contributed by atoms with van der Waals surface area (Å²) in [5, 5.41) is 3.38. The van der Waals surface area contributed by atoms with Crippen molar-refractivity contribution in [1.29, 1.82) is 0 Å². The molecule has 0 saturated carbocycles. The van der Waals surface area contributed by atoms with Crippen molar-refractivity contribution in [3.63, 3.8) is 0 Å². The van der Waals surface area contributed by atoms with Crippen LogP contribution in [0.4, 0.5) is 0 Å². The van der Waals surface area contributed by atoms with E-state index in [1.54, 1.807) is 0 Å². The topological polar surface area (TPSA) is 12.0 Å². The molecule has 1 aliphatic rings. The Morgan fingerprint density at radius 2 is 2.00 bits per heavy atom. The van der Waals surface area contributed by atoms with E-state index in [0.29, 0.717) is 0 Å². The molecule has 1 aliphatic heterocycles. The van der Waals surface area contributed by atoms with Crippen LogP contribution in [-0.4, -0.2) is 13.1 Å². The lowest BCUT2D eigenvalue weighted by Gasteiger charge is -2.22. The molecule has 0 aromatic rings. The fraction of sp³-hybridized carbons (Fsp3) is 0.818. The van der Waals surface area contributed by atoms with Crippen LogP contribution in [0.3, 0.4) is 0 Å². The van der Waals surface area contributed by atoms with Crippen molar-refractivity contribution in [2.75, 3.05) is 13.1 Å². The zero-order valence-corrected chi connectivity index (χ0v) is 7.81.